The van der Waals surface area contributed by atoms with Gasteiger partial charge in [-0.3, -0.25) is 0 Å². The number of hydrogen-bond acceptors (Lipinski definition) is 3. The number of aryl methyl sites for hydroxylation is 1. The predicted octanol–water partition coefficient (Wildman–Crippen LogP) is 1.54. The van der Waals surface area contributed by atoms with Crippen molar-refractivity contribution in [3.05, 3.63) is 29.6 Å². The molecule has 1 rings (SSSR count). The predicted molar refractivity (Wildman–Crippen MR) is 69.2 cm³/mol. The zero-order chi connectivity index (χ0) is 13.8. The molecule has 0 bridgehead atoms. The second-order valence-electron chi connectivity index (χ2n) is 4.36. The Morgan fingerprint density at radius 1 is 1.44 bits per heavy atom. The summed E-state index contributed by atoms with van der Waals surface area (Å²) in [5.74, 6) is -0.442. The molecule has 0 saturated carbocycles. The largest absolute Gasteiger partial charge is 0.330 e. The molecule has 6 heteroatoms. The standard InChI is InChI=1S/C12H19FN2O2S/c1-9-8-11(13)5-6-12(9)18(16,17)15-10(2)4-3-7-14/h5-6,8,10,15H,3-4,7,14H2,1-2H3. The molecule has 0 aliphatic carbocycles. The van der Waals surface area contributed by atoms with Gasteiger partial charge in [-0.25, -0.2) is 17.5 Å². The minimum atomic E-state index is -3.59. The van der Waals surface area contributed by atoms with Gasteiger partial charge in [0.15, 0.2) is 0 Å². The highest BCUT2D eigenvalue weighted by atomic mass is 32.2. The van der Waals surface area contributed by atoms with Crippen molar-refractivity contribution in [2.45, 2.75) is 37.6 Å². The molecule has 0 aliphatic rings. The molecule has 102 valence electrons. The Bertz CT molecular complexity index is 503. The zero-order valence-electron chi connectivity index (χ0n) is 10.6. The molecule has 0 amide bonds. The number of sulfonamides is 1. The van der Waals surface area contributed by atoms with Crippen LogP contribution in [0.3, 0.4) is 0 Å². The van der Waals surface area contributed by atoms with Crippen LogP contribution in [-0.4, -0.2) is 21.0 Å². The van der Waals surface area contributed by atoms with Gasteiger partial charge in [0.1, 0.15) is 5.82 Å². The Hall–Kier alpha value is -0.980. The molecule has 3 N–H and O–H groups in total. The van der Waals surface area contributed by atoms with Gasteiger partial charge < -0.3 is 5.73 Å². The first-order valence-electron chi connectivity index (χ1n) is 5.85. The van der Waals surface area contributed by atoms with Gasteiger partial charge in [0.25, 0.3) is 0 Å². The lowest BCUT2D eigenvalue weighted by atomic mass is 10.2. The van der Waals surface area contributed by atoms with E-state index in [2.05, 4.69) is 4.72 Å². The molecule has 18 heavy (non-hydrogen) atoms. The maximum Gasteiger partial charge on any atom is 0.241 e. The number of halogens is 1. The molecule has 0 fully saturated rings. The highest BCUT2D eigenvalue weighted by molar-refractivity contribution is 7.89. The molecule has 0 spiro atoms. The second-order valence-corrected chi connectivity index (χ2v) is 6.05. The topological polar surface area (TPSA) is 72.2 Å². The smallest absolute Gasteiger partial charge is 0.241 e. The van der Waals surface area contributed by atoms with E-state index in [9.17, 15) is 12.8 Å². The highest BCUT2D eigenvalue weighted by Gasteiger charge is 2.19. The lowest BCUT2D eigenvalue weighted by Crippen LogP contribution is -2.33. The van der Waals surface area contributed by atoms with Gasteiger partial charge in [-0.15, -0.1) is 0 Å². The maximum atomic E-state index is 12.9. The molecule has 0 saturated heterocycles. The van der Waals surface area contributed by atoms with Crippen molar-refractivity contribution >= 4 is 10.0 Å². The van der Waals surface area contributed by atoms with Crippen LogP contribution in [0.15, 0.2) is 23.1 Å². The summed E-state index contributed by atoms with van der Waals surface area (Å²) in [6.45, 7) is 3.88. The quantitative estimate of drug-likeness (QED) is 0.826. The van der Waals surface area contributed by atoms with E-state index >= 15 is 0 Å². The summed E-state index contributed by atoms with van der Waals surface area (Å²) < 4.78 is 39.6. The summed E-state index contributed by atoms with van der Waals surface area (Å²) in [4.78, 5) is 0.114. The summed E-state index contributed by atoms with van der Waals surface area (Å²) in [5.41, 5.74) is 5.77. The van der Waals surface area contributed by atoms with Crippen LogP contribution in [0, 0.1) is 12.7 Å². The number of benzene rings is 1. The van der Waals surface area contributed by atoms with Crippen LogP contribution in [0.4, 0.5) is 4.39 Å². The summed E-state index contributed by atoms with van der Waals surface area (Å²) in [7, 11) is -3.59. The van der Waals surface area contributed by atoms with Gasteiger partial charge in [-0.05, 0) is 57.0 Å². The van der Waals surface area contributed by atoms with Crippen molar-refractivity contribution in [3.8, 4) is 0 Å². The molecule has 4 nitrogen and oxygen atoms in total. The zero-order valence-corrected chi connectivity index (χ0v) is 11.4. The van der Waals surface area contributed by atoms with Crippen molar-refractivity contribution in [1.82, 2.24) is 4.72 Å². The van der Waals surface area contributed by atoms with E-state index in [0.29, 0.717) is 18.5 Å². The van der Waals surface area contributed by atoms with Crippen LogP contribution in [0.2, 0.25) is 0 Å². The molecule has 0 heterocycles. The molecule has 0 aromatic heterocycles. The molecule has 1 unspecified atom stereocenters. The maximum absolute atomic E-state index is 12.9. The van der Waals surface area contributed by atoms with Gasteiger partial charge in [0, 0.05) is 6.04 Å². The van der Waals surface area contributed by atoms with Crippen LogP contribution in [-0.2, 0) is 10.0 Å². The van der Waals surface area contributed by atoms with Gasteiger partial charge >= 0.3 is 0 Å². The van der Waals surface area contributed by atoms with Crippen molar-refractivity contribution < 1.29 is 12.8 Å². The number of nitrogens with one attached hydrogen (secondary N) is 1. The number of nitrogens with two attached hydrogens (primary N) is 1. The molecule has 0 radical (unpaired) electrons. The summed E-state index contributed by atoms with van der Waals surface area (Å²) in [6.07, 6.45) is 1.43. The Balaban J connectivity index is 2.86. The first-order valence-corrected chi connectivity index (χ1v) is 7.33. The van der Waals surface area contributed by atoms with E-state index in [4.69, 9.17) is 5.73 Å². The minimum Gasteiger partial charge on any atom is -0.330 e. The fourth-order valence-electron chi connectivity index (χ4n) is 1.73. The molecular formula is C12H19FN2O2S. The van der Waals surface area contributed by atoms with Crippen LogP contribution in [0.1, 0.15) is 25.3 Å². The van der Waals surface area contributed by atoms with Crippen molar-refractivity contribution in [1.29, 1.82) is 0 Å². The fourth-order valence-corrected chi connectivity index (χ4v) is 3.23. The van der Waals surface area contributed by atoms with E-state index in [1.807, 2.05) is 0 Å². The van der Waals surface area contributed by atoms with E-state index in [1.54, 1.807) is 13.8 Å². The van der Waals surface area contributed by atoms with Crippen LogP contribution in [0.25, 0.3) is 0 Å². The second kappa shape index (κ2) is 6.26. The van der Waals surface area contributed by atoms with Gasteiger partial charge in [-0.1, -0.05) is 0 Å². The summed E-state index contributed by atoms with van der Waals surface area (Å²) in [5, 5.41) is 0. The Kier molecular flexibility index (Phi) is 5.25. The van der Waals surface area contributed by atoms with Gasteiger partial charge in [-0.2, -0.15) is 0 Å². The van der Waals surface area contributed by atoms with Crippen molar-refractivity contribution in [3.63, 3.8) is 0 Å². The van der Waals surface area contributed by atoms with Crippen molar-refractivity contribution in [2.24, 2.45) is 5.73 Å². The van der Waals surface area contributed by atoms with E-state index in [0.717, 1.165) is 12.5 Å². The third-order valence-corrected chi connectivity index (χ3v) is 4.37. The average Bonchev–Trinajstić information content (AvgIpc) is 2.25. The third kappa shape index (κ3) is 4.04. The molecule has 1 atom stereocenters. The summed E-state index contributed by atoms with van der Waals surface area (Å²) >= 11 is 0. The van der Waals surface area contributed by atoms with E-state index < -0.39 is 15.8 Å². The highest BCUT2D eigenvalue weighted by Crippen LogP contribution is 2.16. The third-order valence-electron chi connectivity index (χ3n) is 2.62. The monoisotopic (exact) mass is 274 g/mol. The molecule has 0 aliphatic heterocycles. The summed E-state index contributed by atoms with van der Waals surface area (Å²) in [6, 6.07) is 3.44. The van der Waals surface area contributed by atoms with Crippen molar-refractivity contribution in [2.75, 3.05) is 6.54 Å². The lowest BCUT2D eigenvalue weighted by Gasteiger charge is -2.15. The fraction of sp³-hybridized carbons (Fsp3) is 0.500. The van der Waals surface area contributed by atoms with Crippen LogP contribution < -0.4 is 10.5 Å². The Labute approximate surface area is 107 Å². The van der Waals surface area contributed by atoms with Crippen LogP contribution in [0.5, 0.6) is 0 Å². The molecular weight excluding hydrogens is 255 g/mol. The van der Waals surface area contributed by atoms with E-state index in [-0.39, 0.29) is 10.9 Å². The first-order chi connectivity index (χ1) is 8.36. The first kappa shape index (κ1) is 15.1. The van der Waals surface area contributed by atoms with Gasteiger partial charge in [0.2, 0.25) is 10.0 Å². The average molecular weight is 274 g/mol. The molecule has 1 aromatic rings. The number of rotatable bonds is 6. The lowest BCUT2D eigenvalue weighted by molar-refractivity contribution is 0.538. The Morgan fingerprint density at radius 3 is 2.67 bits per heavy atom. The minimum absolute atomic E-state index is 0.114. The SMILES string of the molecule is Cc1cc(F)ccc1S(=O)(=O)NC(C)CCCN. The number of hydrogen-bond donors (Lipinski definition) is 2. The molecule has 1 aromatic carbocycles. The van der Waals surface area contributed by atoms with E-state index in [1.165, 1.54) is 12.1 Å². The normalized spacial score (nSPS) is 13.6. The Morgan fingerprint density at radius 2 is 2.11 bits per heavy atom. The van der Waals surface area contributed by atoms with Crippen LogP contribution >= 0.6 is 0 Å². The van der Waals surface area contributed by atoms with Gasteiger partial charge in [0.05, 0.1) is 4.90 Å².